The minimum absolute atomic E-state index is 0.0111. The number of hydrogen-bond donors (Lipinski definition) is 0. The molecule has 0 unspecified atom stereocenters. The zero-order valence-electron chi connectivity index (χ0n) is 13.8. The molecule has 0 bridgehead atoms. The van der Waals surface area contributed by atoms with E-state index in [1.54, 1.807) is 40.1 Å². The summed E-state index contributed by atoms with van der Waals surface area (Å²) in [4.78, 5) is 28.1. The van der Waals surface area contributed by atoms with Gasteiger partial charge in [-0.05, 0) is 35.9 Å². The van der Waals surface area contributed by atoms with Crippen molar-refractivity contribution >= 4 is 17.9 Å². The van der Waals surface area contributed by atoms with Crippen LogP contribution in [0.3, 0.4) is 0 Å². The molecule has 1 aliphatic heterocycles. The Balaban J connectivity index is 1.55. The van der Waals surface area contributed by atoms with E-state index in [0.717, 1.165) is 0 Å². The summed E-state index contributed by atoms with van der Waals surface area (Å²) in [6.07, 6.45) is 3.05. The first-order chi connectivity index (χ1) is 12.1. The van der Waals surface area contributed by atoms with Gasteiger partial charge in [0, 0.05) is 37.8 Å². The van der Waals surface area contributed by atoms with Crippen LogP contribution in [-0.2, 0) is 4.79 Å². The zero-order valence-corrected chi connectivity index (χ0v) is 13.8. The predicted octanol–water partition coefficient (Wildman–Crippen LogP) is 2.82. The van der Waals surface area contributed by atoms with Crippen molar-refractivity contribution in [1.82, 2.24) is 9.80 Å². The van der Waals surface area contributed by atoms with Gasteiger partial charge in [-0.25, -0.2) is 4.39 Å². The van der Waals surface area contributed by atoms with Gasteiger partial charge in [0.05, 0.1) is 0 Å². The van der Waals surface area contributed by atoms with Gasteiger partial charge in [-0.3, -0.25) is 9.59 Å². The molecule has 0 radical (unpaired) electrons. The van der Waals surface area contributed by atoms with E-state index in [2.05, 4.69) is 0 Å². The number of nitrogens with zero attached hydrogens (tertiary/aromatic N) is 2. The summed E-state index contributed by atoms with van der Waals surface area (Å²) in [6.45, 7) is 2.00. The molecule has 1 heterocycles. The van der Waals surface area contributed by atoms with E-state index >= 15 is 0 Å². The Kier molecular flexibility index (Phi) is 5.23. The topological polar surface area (TPSA) is 40.6 Å². The van der Waals surface area contributed by atoms with Crippen molar-refractivity contribution in [2.75, 3.05) is 26.2 Å². The summed E-state index contributed by atoms with van der Waals surface area (Å²) in [6, 6.07) is 15.2. The van der Waals surface area contributed by atoms with Crippen LogP contribution in [0.5, 0.6) is 0 Å². The summed E-state index contributed by atoms with van der Waals surface area (Å²) in [5, 5.41) is 0. The molecule has 0 spiro atoms. The van der Waals surface area contributed by atoms with Crippen molar-refractivity contribution in [2.24, 2.45) is 0 Å². The molecule has 0 saturated carbocycles. The highest BCUT2D eigenvalue weighted by atomic mass is 19.1. The molecule has 0 aromatic heterocycles. The van der Waals surface area contributed by atoms with E-state index in [1.165, 1.54) is 18.2 Å². The van der Waals surface area contributed by atoms with Crippen molar-refractivity contribution in [3.8, 4) is 0 Å². The van der Waals surface area contributed by atoms with Crippen LogP contribution >= 0.6 is 0 Å². The smallest absolute Gasteiger partial charge is 0.253 e. The van der Waals surface area contributed by atoms with Crippen LogP contribution in [0, 0.1) is 5.82 Å². The lowest BCUT2D eigenvalue weighted by Gasteiger charge is -2.34. The largest absolute Gasteiger partial charge is 0.336 e. The van der Waals surface area contributed by atoms with Gasteiger partial charge < -0.3 is 9.80 Å². The Bertz CT molecular complexity index is 781. The Hall–Kier alpha value is -2.95. The van der Waals surface area contributed by atoms with Gasteiger partial charge in [-0.1, -0.05) is 30.3 Å². The fraction of sp³-hybridized carbons (Fsp3) is 0.200. The number of piperazine rings is 1. The molecule has 0 atom stereocenters. The first kappa shape index (κ1) is 16.9. The van der Waals surface area contributed by atoms with Crippen molar-refractivity contribution in [3.63, 3.8) is 0 Å². The molecule has 4 nitrogen and oxygen atoms in total. The number of halogens is 1. The summed E-state index contributed by atoms with van der Waals surface area (Å²) in [7, 11) is 0. The van der Waals surface area contributed by atoms with E-state index in [4.69, 9.17) is 0 Å². The maximum Gasteiger partial charge on any atom is 0.253 e. The normalized spacial score (nSPS) is 14.8. The van der Waals surface area contributed by atoms with Gasteiger partial charge >= 0.3 is 0 Å². The van der Waals surface area contributed by atoms with Crippen LogP contribution in [-0.4, -0.2) is 47.8 Å². The third-order valence-electron chi connectivity index (χ3n) is 4.17. The van der Waals surface area contributed by atoms with Gasteiger partial charge in [0.15, 0.2) is 0 Å². The Morgan fingerprint density at radius 1 is 0.880 bits per heavy atom. The molecule has 0 aliphatic carbocycles. The van der Waals surface area contributed by atoms with Gasteiger partial charge in [0.2, 0.25) is 5.91 Å². The first-order valence-corrected chi connectivity index (χ1v) is 8.20. The lowest BCUT2D eigenvalue weighted by atomic mass is 10.1. The number of rotatable bonds is 3. The minimum Gasteiger partial charge on any atom is -0.336 e. The molecular formula is C20H19FN2O2. The van der Waals surface area contributed by atoms with Gasteiger partial charge in [-0.15, -0.1) is 0 Å². The second-order valence-electron chi connectivity index (χ2n) is 5.87. The molecule has 2 amide bonds. The predicted molar refractivity (Wildman–Crippen MR) is 94.4 cm³/mol. The maximum atomic E-state index is 13.1. The van der Waals surface area contributed by atoms with Crippen LogP contribution in [0.15, 0.2) is 60.7 Å². The molecule has 2 aromatic rings. The van der Waals surface area contributed by atoms with Crippen molar-refractivity contribution in [3.05, 3.63) is 77.6 Å². The number of hydrogen-bond acceptors (Lipinski definition) is 2. The van der Waals surface area contributed by atoms with Gasteiger partial charge in [0.1, 0.15) is 5.82 Å². The highest BCUT2D eigenvalue weighted by Gasteiger charge is 2.23. The fourth-order valence-electron chi connectivity index (χ4n) is 2.78. The molecule has 25 heavy (non-hydrogen) atoms. The standard InChI is InChI=1S/C20H19FN2O2/c21-18-8-4-5-16(15-18)9-10-19(24)22-11-13-23(14-12-22)20(25)17-6-2-1-3-7-17/h1-10,15H,11-14H2/b10-9+. The quantitative estimate of drug-likeness (QED) is 0.808. The Morgan fingerprint density at radius 3 is 2.24 bits per heavy atom. The third kappa shape index (κ3) is 4.32. The molecule has 1 aliphatic rings. The van der Waals surface area contributed by atoms with E-state index in [-0.39, 0.29) is 17.6 Å². The van der Waals surface area contributed by atoms with Crippen LogP contribution in [0.2, 0.25) is 0 Å². The van der Waals surface area contributed by atoms with Crippen molar-refractivity contribution in [2.45, 2.75) is 0 Å². The Morgan fingerprint density at radius 2 is 1.56 bits per heavy atom. The summed E-state index contributed by atoms with van der Waals surface area (Å²) >= 11 is 0. The lowest BCUT2D eigenvalue weighted by molar-refractivity contribution is -0.127. The van der Waals surface area contributed by atoms with E-state index in [9.17, 15) is 14.0 Å². The molecule has 128 valence electrons. The summed E-state index contributed by atoms with van der Waals surface area (Å²) < 4.78 is 13.1. The first-order valence-electron chi connectivity index (χ1n) is 8.20. The highest BCUT2D eigenvalue weighted by Crippen LogP contribution is 2.10. The summed E-state index contributed by atoms with van der Waals surface area (Å²) in [5.74, 6) is -0.471. The monoisotopic (exact) mass is 338 g/mol. The average molecular weight is 338 g/mol. The van der Waals surface area contributed by atoms with Crippen molar-refractivity contribution in [1.29, 1.82) is 0 Å². The van der Waals surface area contributed by atoms with Crippen LogP contribution in [0.4, 0.5) is 4.39 Å². The molecule has 3 rings (SSSR count). The number of carbonyl (C=O) groups is 2. The molecule has 1 fully saturated rings. The minimum atomic E-state index is -0.331. The van der Waals surface area contributed by atoms with E-state index < -0.39 is 0 Å². The SMILES string of the molecule is O=C(/C=C/c1cccc(F)c1)N1CCN(C(=O)c2ccccc2)CC1. The van der Waals surface area contributed by atoms with Crippen LogP contribution in [0.1, 0.15) is 15.9 Å². The maximum absolute atomic E-state index is 13.1. The molecule has 1 saturated heterocycles. The second kappa shape index (κ2) is 7.75. The fourth-order valence-corrected chi connectivity index (χ4v) is 2.78. The second-order valence-corrected chi connectivity index (χ2v) is 5.87. The molecular weight excluding hydrogens is 319 g/mol. The zero-order chi connectivity index (χ0) is 17.6. The number of amides is 2. The molecule has 0 N–H and O–H groups in total. The van der Waals surface area contributed by atoms with Crippen LogP contribution < -0.4 is 0 Å². The van der Waals surface area contributed by atoms with Gasteiger partial charge in [-0.2, -0.15) is 0 Å². The third-order valence-corrected chi connectivity index (χ3v) is 4.17. The number of carbonyl (C=O) groups excluding carboxylic acids is 2. The molecule has 5 heteroatoms. The van der Waals surface area contributed by atoms with Crippen molar-refractivity contribution < 1.29 is 14.0 Å². The lowest BCUT2D eigenvalue weighted by Crippen LogP contribution is -2.50. The summed E-state index contributed by atoms with van der Waals surface area (Å²) in [5.41, 5.74) is 1.31. The average Bonchev–Trinajstić information content (AvgIpc) is 2.66. The Labute approximate surface area is 146 Å². The highest BCUT2D eigenvalue weighted by molar-refractivity contribution is 5.95. The molecule has 2 aromatic carbocycles. The van der Waals surface area contributed by atoms with Crippen LogP contribution in [0.25, 0.3) is 6.08 Å². The van der Waals surface area contributed by atoms with Gasteiger partial charge in [0.25, 0.3) is 5.91 Å². The van der Waals surface area contributed by atoms with E-state index in [1.807, 2.05) is 18.2 Å². The van der Waals surface area contributed by atoms with E-state index in [0.29, 0.717) is 37.3 Å². The number of benzene rings is 2.